The van der Waals surface area contributed by atoms with Crippen molar-refractivity contribution < 1.29 is 9.90 Å². The Morgan fingerprint density at radius 3 is 1.55 bits per heavy atom. The summed E-state index contributed by atoms with van der Waals surface area (Å²) in [6.45, 7) is 4.42. The summed E-state index contributed by atoms with van der Waals surface area (Å²) in [4.78, 5) is 10.8. The van der Waals surface area contributed by atoms with Crippen LogP contribution in [0.25, 0.3) is 0 Å². The van der Waals surface area contributed by atoms with Crippen LogP contribution >= 0.6 is 0 Å². The van der Waals surface area contributed by atoms with E-state index in [2.05, 4.69) is 13.8 Å². The minimum atomic E-state index is -0.627. The summed E-state index contributed by atoms with van der Waals surface area (Å²) in [6.07, 6.45) is 20.1. The fourth-order valence-electron chi connectivity index (χ4n) is 3.28. The first kappa shape index (κ1) is 21.5. The highest BCUT2D eigenvalue weighted by Crippen LogP contribution is 2.20. The smallest absolute Gasteiger partial charge is 0.303 e. The third-order valence-electron chi connectivity index (χ3n) is 4.63. The molecular weight excluding hydrogens is 272 g/mol. The molecule has 0 aliphatic rings. The van der Waals surface area contributed by atoms with Crippen molar-refractivity contribution in [2.75, 3.05) is 0 Å². The average molecular weight is 313 g/mol. The van der Waals surface area contributed by atoms with E-state index in [0.29, 0.717) is 12.3 Å². The first-order valence-corrected chi connectivity index (χ1v) is 9.92. The average Bonchev–Trinajstić information content (AvgIpc) is 2.48. The molecule has 0 aliphatic heterocycles. The maximum absolute atomic E-state index is 10.8. The molecule has 0 rings (SSSR count). The summed E-state index contributed by atoms with van der Waals surface area (Å²) >= 11 is 0. The molecule has 0 aromatic carbocycles. The Bertz CT molecular complexity index is 238. The van der Waals surface area contributed by atoms with E-state index in [0.717, 1.165) is 19.3 Å². The highest BCUT2D eigenvalue weighted by atomic mass is 16.4. The van der Waals surface area contributed by atoms with Crippen LogP contribution in [-0.2, 0) is 4.79 Å². The van der Waals surface area contributed by atoms with E-state index in [9.17, 15) is 4.79 Å². The van der Waals surface area contributed by atoms with Crippen LogP contribution in [0.1, 0.15) is 117 Å². The molecular formula is C20H40O2. The highest BCUT2D eigenvalue weighted by molar-refractivity contribution is 5.66. The molecule has 0 bridgehead atoms. The van der Waals surface area contributed by atoms with Crippen molar-refractivity contribution in [1.29, 1.82) is 0 Å². The maximum atomic E-state index is 10.8. The second kappa shape index (κ2) is 16.8. The lowest BCUT2D eigenvalue weighted by Gasteiger charge is -2.13. The van der Waals surface area contributed by atoms with Gasteiger partial charge in [0.2, 0.25) is 0 Å². The molecule has 0 aromatic rings. The van der Waals surface area contributed by atoms with Crippen molar-refractivity contribution in [1.82, 2.24) is 0 Å². The van der Waals surface area contributed by atoms with Crippen LogP contribution in [0, 0.1) is 5.92 Å². The van der Waals surface area contributed by atoms with Gasteiger partial charge >= 0.3 is 5.97 Å². The van der Waals surface area contributed by atoms with Crippen molar-refractivity contribution >= 4 is 5.97 Å². The van der Waals surface area contributed by atoms with Crippen LogP contribution < -0.4 is 0 Å². The summed E-state index contributed by atoms with van der Waals surface area (Å²) in [7, 11) is 0. The fourth-order valence-corrected chi connectivity index (χ4v) is 3.28. The molecule has 0 aliphatic carbocycles. The molecule has 2 heteroatoms. The van der Waals surface area contributed by atoms with Crippen LogP contribution in [-0.4, -0.2) is 11.1 Å². The molecule has 22 heavy (non-hydrogen) atoms. The Kier molecular flexibility index (Phi) is 16.4. The zero-order valence-corrected chi connectivity index (χ0v) is 15.2. The molecule has 0 aromatic heterocycles. The highest BCUT2D eigenvalue weighted by Gasteiger charge is 2.11. The number of hydrogen-bond acceptors (Lipinski definition) is 1. The molecule has 1 atom stereocenters. The van der Waals surface area contributed by atoms with Crippen LogP contribution in [0.15, 0.2) is 0 Å². The molecule has 1 N–H and O–H groups in total. The maximum Gasteiger partial charge on any atom is 0.303 e. The molecule has 0 amide bonds. The van der Waals surface area contributed by atoms with Gasteiger partial charge in [-0.15, -0.1) is 0 Å². The largest absolute Gasteiger partial charge is 0.481 e. The Hall–Kier alpha value is -0.530. The summed E-state index contributed by atoms with van der Waals surface area (Å²) < 4.78 is 0. The van der Waals surface area contributed by atoms with E-state index in [4.69, 9.17) is 5.11 Å². The van der Waals surface area contributed by atoms with Gasteiger partial charge in [0, 0.05) is 6.42 Å². The van der Waals surface area contributed by atoms with Crippen molar-refractivity contribution in [3.05, 3.63) is 0 Å². The number of hydrogen-bond donors (Lipinski definition) is 1. The van der Waals surface area contributed by atoms with Crippen molar-refractivity contribution in [2.24, 2.45) is 5.92 Å². The molecule has 0 saturated carbocycles. The lowest BCUT2D eigenvalue weighted by atomic mass is 9.93. The SMILES string of the molecule is CCCCCCCCCCCCCCC(CCC)CC(=O)O. The Morgan fingerprint density at radius 2 is 1.14 bits per heavy atom. The molecule has 1 unspecified atom stereocenters. The van der Waals surface area contributed by atoms with Crippen molar-refractivity contribution in [3.8, 4) is 0 Å². The second-order valence-electron chi connectivity index (χ2n) is 6.93. The number of unbranched alkanes of at least 4 members (excludes halogenated alkanes) is 11. The van der Waals surface area contributed by atoms with E-state index in [-0.39, 0.29) is 0 Å². The van der Waals surface area contributed by atoms with Gasteiger partial charge in [0.25, 0.3) is 0 Å². The lowest BCUT2D eigenvalue weighted by Crippen LogP contribution is -2.07. The van der Waals surface area contributed by atoms with Gasteiger partial charge in [-0.05, 0) is 12.3 Å². The third kappa shape index (κ3) is 15.9. The first-order valence-electron chi connectivity index (χ1n) is 9.92. The van der Waals surface area contributed by atoms with Crippen LogP contribution in [0.4, 0.5) is 0 Å². The molecule has 0 heterocycles. The van der Waals surface area contributed by atoms with E-state index in [1.165, 1.54) is 77.0 Å². The predicted octanol–water partition coefficient (Wildman–Crippen LogP) is 6.97. The lowest BCUT2D eigenvalue weighted by molar-refractivity contribution is -0.138. The Labute approximate surface area is 139 Å². The van der Waals surface area contributed by atoms with Gasteiger partial charge in [0.1, 0.15) is 0 Å². The minimum Gasteiger partial charge on any atom is -0.481 e. The number of aliphatic carboxylic acids is 1. The quantitative estimate of drug-likeness (QED) is 0.294. The van der Waals surface area contributed by atoms with E-state index >= 15 is 0 Å². The van der Waals surface area contributed by atoms with E-state index in [1.807, 2.05) is 0 Å². The minimum absolute atomic E-state index is 0.367. The molecule has 0 spiro atoms. The molecule has 132 valence electrons. The Morgan fingerprint density at radius 1 is 0.682 bits per heavy atom. The summed E-state index contributed by atoms with van der Waals surface area (Å²) in [5, 5.41) is 8.90. The standard InChI is InChI=1S/C20H40O2/c1-3-5-6-7-8-9-10-11-12-13-14-15-17-19(16-4-2)18-20(21)22/h19H,3-18H2,1-2H3,(H,21,22). The molecule has 0 radical (unpaired) electrons. The van der Waals surface area contributed by atoms with Gasteiger partial charge < -0.3 is 5.11 Å². The topological polar surface area (TPSA) is 37.3 Å². The summed E-state index contributed by atoms with van der Waals surface area (Å²) in [5.41, 5.74) is 0. The number of rotatable bonds is 17. The van der Waals surface area contributed by atoms with Crippen LogP contribution in [0.5, 0.6) is 0 Å². The third-order valence-corrected chi connectivity index (χ3v) is 4.63. The van der Waals surface area contributed by atoms with E-state index < -0.39 is 5.97 Å². The van der Waals surface area contributed by atoms with Gasteiger partial charge in [-0.1, -0.05) is 104 Å². The zero-order valence-electron chi connectivity index (χ0n) is 15.2. The van der Waals surface area contributed by atoms with Gasteiger partial charge in [-0.25, -0.2) is 0 Å². The van der Waals surface area contributed by atoms with Gasteiger partial charge in [0.15, 0.2) is 0 Å². The summed E-state index contributed by atoms with van der Waals surface area (Å²) in [5.74, 6) is -0.219. The van der Waals surface area contributed by atoms with Crippen molar-refractivity contribution in [2.45, 2.75) is 117 Å². The number of carbonyl (C=O) groups is 1. The zero-order chi connectivity index (χ0) is 16.5. The summed E-state index contributed by atoms with van der Waals surface area (Å²) in [6, 6.07) is 0. The number of carboxylic acid groups (broad SMARTS) is 1. The second-order valence-corrected chi connectivity index (χ2v) is 6.93. The van der Waals surface area contributed by atoms with E-state index in [1.54, 1.807) is 0 Å². The normalized spacial score (nSPS) is 12.5. The number of carboxylic acids is 1. The van der Waals surface area contributed by atoms with Gasteiger partial charge in [-0.2, -0.15) is 0 Å². The first-order chi connectivity index (χ1) is 10.7. The molecule has 0 saturated heterocycles. The van der Waals surface area contributed by atoms with Crippen LogP contribution in [0.3, 0.4) is 0 Å². The van der Waals surface area contributed by atoms with Gasteiger partial charge in [-0.3, -0.25) is 4.79 Å². The molecule has 0 fully saturated rings. The van der Waals surface area contributed by atoms with Crippen LogP contribution in [0.2, 0.25) is 0 Å². The monoisotopic (exact) mass is 312 g/mol. The van der Waals surface area contributed by atoms with Gasteiger partial charge in [0.05, 0.1) is 0 Å². The predicted molar refractivity (Wildman–Crippen MR) is 96.3 cm³/mol. The molecule has 2 nitrogen and oxygen atoms in total. The van der Waals surface area contributed by atoms with Crippen molar-refractivity contribution in [3.63, 3.8) is 0 Å². The Balaban J connectivity index is 3.29. The fraction of sp³-hybridized carbons (Fsp3) is 0.950.